The molecule has 0 saturated carbocycles. The molecule has 2 bridgehead atoms. The molecule has 4 nitrogen and oxygen atoms in total. The van der Waals surface area contributed by atoms with E-state index in [2.05, 4.69) is 14.9 Å². The van der Waals surface area contributed by atoms with Crippen LogP contribution in [0, 0.1) is 6.92 Å². The van der Waals surface area contributed by atoms with Crippen molar-refractivity contribution in [3.8, 4) is 0 Å². The van der Waals surface area contributed by atoms with Crippen LogP contribution in [0.5, 0.6) is 0 Å². The lowest BCUT2D eigenvalue weighted by Gasteiger charge is -2.48. The zero-order valence-corrected chi connectivity index (χ0v) is 11.0. The topological polar surface area (TPSA) is 55.0 Å². The first-order valence-corrected chi connectivity index (χ1v) is 7.01. The molecular weight excluding hydrogens is 224 g/mol. The van der Waals surface area contributed by atoms with Crippen molar-refractivity contribution in [2.45, 2.75) is 63.7 Å². The van der Waals surface area contributed by atoms with Gasteiger partial charge in [-0.2, -0.15) is 0 Å². The molecule has 2 fully saturated rings. The SMILES string of the molecule is Cc1cnc(CN2C3CCCC2CC(N)C3)cn1. The molecule has 4 heteroatoms. The number of piperidine rings is 2. The van der Waals surface area contributed by atoms with Crippen LogP contribution in [-0.4, -0.2) is 33.0 Å². The van der Waals surface area contributed by atoms with Crippen LogP contribution in [0.3, 0.4) is 0 Å². The predicted octanol–water partition coefficient (Wildman–Crippen LogP) is 1.63. The minimum Gasteiger partial charge on any atom is -0.328 e. The maximum absolute atomic E-state index is 6.15. The van der Waals surface area contributed by atoms with Gasteiger partial charge in [-0.1, -0.05) is 6.42 Å². The fourth-order valence-corrected chi connectivity index (χ4v) is 3.47. The molecule has 0 spiro atoms. The Hall–Kier alpha value is -1.00. The van der Waals surface area contributed by atoms with Crippen molar-refractivity contribution in [3.63, 3.8) is 0 Å². The highest BCUT2D eigenvalue weighted by atomic mass is 15.2. The third-order valence-corrected chi connectivity index (χ3v) is 4.34. The Morgan fingerprint density at radius 1 is 1.22 bits per heavy atom. The second-order valence-corrected chi connectivity index (χ2v) is 5.79. The van der Waals surface area contributed by atoms with E-state index in [-0.39, 0.29) is 0 Å². The smallest absolute Gasteiger partial charge is 0.0727 e. The third-order valence-electron chi connectivity index (χ3n) is 4.34. The highest BCUT2D eigenvalue weighted by molar-refractivity contribution is 5.03. The maximum atomic E-state index is 6.15. The fourth-order valence-electron chi connectivity index (χ4n) is 3.47. The summed E-state index contributed by atoms with van der Waals surface area (Å²) in [4.78, 5) is 11.4. The van der Waals surface area contributed by atoms with Crippen molar-refractivity contribution in [1.29, 1.82) is 0 Å². The van der Waals surface area contributed by atoms with Gasteiger partial charge in [-0.25, -0.2) is 0 Å². The lowest BCUT2D eigenvalue weighted by Crippen LogP contribution is -2.54. The number of hydrogen-bond acceptors (Lipinski definition) is 4. The second kappa shape index (κ2) is 4.94. The van der Waals surface area contributed by atoms with Crippen LogP contribution >= 0.6 is 0 Å². The molecule has 2 aliphatic rings. The van der Waals surface area contributed by atoms with Gasteiger partial charge in [-0.05, 0) is 32.6 Å². The first-order chi connectivity index (χ1) is 8.72. The number of nitrogens with two attached hydrogens (primary N) is 1. The van der Waals surface area contributed by atoms with E-state index in [1.165, 1.54) is 19.3 Å². The van der Waals surface area contributed by atoms with E-state index in [0.717, 1.165) is 30.8 Å². The van der Waals surface area contributed by atoms with E-state index in [9.17, 15) is 0 Å². The summed E-state index contributed by atoms with van der Waals surface area (Å²) in [6, 6.07) is 1.73. The predicted molar refractivity (Wildman–Crippen MR) is 70.9 cm³/mol. The van der Waals surface area contributed by atoms with Crippen molar-refractivity contribution in [3.05, 3.63) is 23.8 Å². The van der Waals surface area contributed by atoms with E-state index in [1.54, 1.807) is 0 Å². The van der Waals surface area contributed by atoms with Gasteiger partial charge in [0.15, 0.2) is 0 Å². The summed E-state index contributed by atoms with van der Waals surface area (Å²) in [6.45, 7) is 2.92. The molecule has 1 aromatic heterocycles. The Balaban J connectivity index is 1.73. The zero-order chi connectivity index (χ0) is 12.5. The molecule has 18 heavy (non-hydrogen) atoms. The summed E-state index contributed by atoms with van der Waals surface area (Å²) in [6.07, 6.45) is 10.0. The van der Waals surface area contributed by atoms with Crippen LogP contribution in [-0.2, 0) is 6.54 Å². The van der Waals surface area contributed by atoms with E-state index in [0.29, 0.717) is 18.1 Å². The summed E-state index contributed by atoms with van der Waals surface area (Å²) in [5, 5.41) is 0. The maximum Gasteiger partial charge on any atom is 0.0727 e. The van der Waals surface area contributed by atoms with Gasteiger partial charge >= 0.3 is 0 Å². The second-order valence-electron chi connectivity index (χ2n) is 5.79. The monoisotopic (exact) mass is 246 g/mol. The highest BCUT2D eigenvalue weighted by Crippen LogP contribution is 2.34. The Kier molecular flexibility index (Phi) is 3.31. The van der Waals surface area contributed by atoms with Gasteiger partial charge in [-0.3, -0.25) is 14.9 Å². The number of nitrogens with zero attached hydrogens (tertiary/aromatic N) is 3. The number of hydrogen-bond donors (Lipinski definition) is 1. The Morgan fingerprint density at radius 3 is 2.56 bits per heavy atom. The van der Waals surface area contributed by atoms with Crippen LogP contribution in [0.1, 0.15) is 43.5 Å². The van der Waals surface area contributed by atoms with Gasteiger partial charge in [0, 0.05) is 37.1 Å². The first-order valence-electron chi connectivity index (χ1n) is 7.01. The average molecular weight is 246 g/mol. The van der Waals surface area contributed by atoms with Crippen molar-refractivity contribution in [2.24, 2.45) is 5.73 Å². The van der Waals surface area contributed by atoms with Crippen LogP contribution in [0.2, 0.25) is 0 Å². The highest BCUT2D eigenvalue weighted by Gasteiger charge is 2.36. The summed E-state index contributed by atoms with van der Waals surface area (Å²) >= 11 is 0. The molecule has 2 aliphatic heterocycles. The van der Waals surface area contributed by atoms with Crippen LogP contribution in [0.4, 0.5) is 0 Å². The molecule has 2 atom stereocenters. The molecule has 0 radical (unpaired) electrons. The normalized spacial score (nSPS) is 32.4. The van der Waals surface area contributed by atoms with Crippen molar-refractivity contribution in [1.82, 2.24) is 14.9 Å². The van der Waals surface area contributed by atoms with E-state index >= 15 is 0 Å². The molecule has 3 rings (SSSR count). The van der Waals surface area contributed by atoms with Crippen molar-refractivity contribution in [2.75, 3.05) is 0 Å². The molecule has 3 heterocycles. The van der Waals surface area contributed by atoms with Gasteiger partial charge in [0.1, 0.15) is 0 Å². The third kappa shape index (κ3) is 2.40. The van der Waals surface area contributed by atoms with Gasteiger partial charge in [0.05, 0.1) is 11.4 Å². The minimum atomic E-state index is 0.403. The van der Waals surface area contributed by atoms with Gasteiger partial charge in [-0.15, -0.1) is 0 Å². The summed E-state index contributed by atoms with van der Waals surface area (Å²) in [5.41, 5.74) is 8.22. The van der Waals surface area contributed by atoms with Gasteiger partial charge in [0.25, 0.3) is 0 Å². The van der Waals surface area contributed by atoms with E-state index in [4.69, 9.17) is 5.73 Å². The lowest BCUT2D eigenvalue weighted by atomic mass is 9.82. The Labute approximate surface area is 109 Å². The van der Waals surface area contributed by atoms with Crippen molar-refractivity contribution >= 4 is 0 Å². The summed E-state index contributed by atoms with van der Waals surface area (Å²) in [5.74, 6) is 0. The Morgan fingerprint density at radius 2 is 1.94 bits per heavy atom. The molecule has 2 unspecified atom stereocenters. The summed E-state index contributed by atoms with van der Waals surface area (Å²) in [7, 11) is 0. The minimum absolute atomic E-state index is 0.403. The van der Waals surface area contributed by atoms with Crippen LogP contribution < -0.4 is 5.73 Å². The Bertz CT molecular complexity index is 389. The standard InChI is InChI=1S/C14H22N4/c1-10-7-17-12(8-16-10)9-18-13-3-2-4-14(18)6-11(15)5-13/h7-8,11,13-14H,2-6,9,15H2,1H3. The van der Waals surface area contributed by atoms with E-state index < -0.39 is 0 Å². The first kappa shape index (κ1) is 12.1. The molecule has 98 valence electrons. The van der Waals surface area contributed by atoms with Gasteiger partial charge < -0.3 is 5.73 Å². The zero-order valence-electron chi connectivity index (χ0n) is 11.0. The largest absolute Gasteiger partial charge is 0.328 e. The molecule has 0 aromatic carbocycles. The fraction of sp³-hybridized carbons (Fsp3) is 0.714. The van der Waals surface area contributed by atoms with Crippen LogP contribution in [0.15, 0.2) is 12.4 Å². The number of fused-ring (bicyclic) bond motifs is 2. The molecule has 1 aromatic rings. The summed E-state index contributed by atoms with van der Waals surface area (Å²) < 4.78 is 0. The van der Waals surface area contributed by atoms with E-state index in [1.807, 2.05) is 19.3 Å². The number of rotatable bonds is 2. The van der Waals surface area contributed by atoms with Crippen LogP contribution in [0.25, 0.3) is 0 Å². The quantitative estimate of drug-likeness (QED) is 0.861. The average Bonchev–Trinajstić information content (AvgIpc) is 2.33. The van der Waals surface area contributed by atoms with Gasteiger partial charge in [0.2, 0.25) is 0 Å². The lowest BCUT2D eigenvalue weighted by molar-refractivity contribution is 0.0234. The number of aromatic nitrogens is 2. The number of aryl methyl sites for hydroxylation is 1. The molecular formula is C14H22N4. The molecule has 2 N–H and O–H groups in total. The molecule has 0 aliphatic carbocycles. The molecule has 2 saturated heterocycles. The van der Waals surface area contributed by atoms with Crippen molar-refractivity contribution < 1.29 is 0 Å². The molecule has 0 amide bonds.